The van der Waals surface area contributed by atoms with E-state index in [9.17, 15) is 0 Å². The third-order valence-corrected chi connectivity index (χ3v) is 9.84. The molecule has 8 heteroatoms. The second kappa shape index (κ2) is 13.4. The zero-order valence-corrected chi connectivity index (χ0v) is 29.4. The van der Waals surface area contributed by atoms with Crippen LogP contribution in [-0.2, 0) is 0 Å². The highest BCUT2D eigenvalue weighted by Crippen LogP contribution is 2.55. The fourth-order valence-electron chi connectivity index (χ4n) is 6.58. The third-order valence-electron chi connectivity index (χ3n) is 8.75. The molecule has 0 saturated heterocycles. The second-order valence-corrected chi connectivity index (χ2v) is 13.5. The lowest BCUT2D eigenvalue weighted by molar-refractivity contribution is 0.730. The van der Waals surface area contributed by atoms with E-state index in [4.69, 9.17) is 56.4 Å². The van der Waals surface area contributed by atoms with Gasteiger partial charge in [0, 0.05) is 38.4 Å². The molecule has 2 heterocycles. The van der Waals surface area contributed by atoms with E-state index in [0.29, 0.717) is 43.1 Å². The first-order valence-electron chi connectivity index (χ1n) is 15.9. The maximum absolute atomic E-state index is 7.32. The molecule has 242 valence electrons. The Morgan fingerprint density at radius 1 is 0.500 bits per heavy atom. The van der Waals surface area contributed by atoms with Crippen molar-refractivity contribution in [2.45, 2.75) is 0 Å². The molecule has 8 rings (SSSR count). The molecule has 0 amide bonds. The van der Waals surface area contributed by atoms with E-state index in [1.165, 1.54) is 0 Å². The summed E-state index contributed by atoms with van der Waals surface area (Å²) in [5.41, 5.74) is 8.29. The number of aliphatic imine (C=N–C) groups is 1. The van der Waals surface area contributed by atoms with Crippen LogP contribution in [0.2, 0.25) is 20.1 Å². The van der Waals surface area contributed by atoms with Crippen LogP contribution in [0.5, 0.6) is 0 Å². The minimum atomic E-state index is -0.141. The van der Waals surface area contributed by atoms with Crippen LogP contribution in [0.25, 0.3) is 33.9 Å². The highest BCUT2D eigenvalue weighted by molar-refractivity contribution is 6.41. The van der Waals surface area contributed by atoms with Crippen LogP contribution < -0.4 is 4.48 Å². The number of benzene rings is 6. The monoisotopic (exact) mass is 727 g/mol. The zero-order valence-electron chi connectivity index (χ0n) is 26.4. The molecule has 6 aromatic carbocycles. The number of quaternary nitrogens is 1. The van der Waals surface area contributed by atoms with Crippen LogP contribution in [0.15, 0.2) is 163 Å². The highest BCUT2D eigenvalue weighted by Gasteiger charge is 2.55. The molecule has 0 radical (unpaired) electrons. The third kappa shape index (κ3) is 5.56. The molecule has 0 aliphatic carbocycles. The van der Waals surface area contributed by atoms with Gasteiger partial charge in [-0.15, -0.1) is 4.48 Å². The van der Waals surface area contributed by atoms with Gasteiger partial charge in [0.25, 0.3) is 5.84 Å². The van der Waals surface area contributed by atoms with E-state index in [1.54, 1.807) is 12.1 Å². The summed E-state index contributed by atoms with van der Waals surface area (Å²) in [6, 6.07) is 51.6. The van der Waals surface area contributed by atoms with Crippen LogP contribution in [0.1, 0.15) is 16.7 Å². The summed E-state index contributed by atoms with van der Waals surface area (Å²) >= 11 is 27.5. The smallest absolute Gasteiger partial charge is 0.290 e. The fraction of sp³-hybridized carbons (Fsp3) is 0. The number of halogens is 4. The molecule has 0 bridgehead atoms. The van der Waals surface area contributed by atoms with E-state index in [-0.39, 0.29) is 4.48 Å². The van der Waals surface area contributed by atoms with E-state index in [0.717, 1.165) is 45.0 Å². The fourth-order valence-corrected chi connectivity index (χ4v) is 7.61. The summed E-state index contributed by atoms with van der Waals surface area (Å²) in [6.45, 7) is 0. The SMILES string of the molecule is Clc1ccc(C2=NC(c3ccccc3)=C(c3ccccc3)[N+]2(c2nc(-c3ccccc3)c(-c3ccccc3)[nH]2)c2ccc(Cl)cc2Cl)c(Cl)c1. The lowest BCUT2D eigenvalue weighted by Gasteiger charge is -2.34. The Morgan fingerprint density at radius 3 is 1.60 bits per heavy atom. The lowest BCUT2D eigenvalue weighted by atomic mass is 10.0. The number of aromatic amines is 1. The van der Waals surface area contributed by atoms with Crippen LogP contribution in [-0.4, -0.2) is 15.8 Å². The first-order chi connectivity index (χ1) is 24.4. The summed E-state index contributed by atoms with van der Waals surface area (Å²) in [5.74, 6) is 1.14. The molecule has 1 aromatic heterocycles. The Hall–Kier alpha value is -4.94. The highest BCUT2D eigenvalue weighted by atomic mass is 35.5. The van der Waals surface area contributed by atoms with E-state index < -0.39 is 0 Å². The lowest BCUT2D eigenvalue weighted by Crippen LogP contribution is -2.47. The molecule has 1 unspecified atom stereocenters. The molecule has 50 heavy (non-hydrogen) atoms. The van der Waals surface area contributed by atoms with Gasteiger partial charge in [0.15, 0.2) is 11.4 Å². The van der Waals surface area contributed by atoms with Crippen molar-refractivity contribution < 1.29 is 0 Å². The van der Waals surface area contributed by atoms with Crippen molar-refractivity contribution in [1.82, 2.24) is 14.5 Å². The van der Waals surface area contributed by atoms with Gasteiger partial charge >= 0.3 is 5.95 Å². The predicted molar refractivity (Wildman–Crippen MR) is 210 cm³/mol. The van der Waals surface area contributed by atoms with Crippen molar-refractivity contribution in [1.29, 1.82) is 0 Å². The Kier molecular flexibility index (Phi) is 8.65. The normalized spacial score (nSPS) is 15.7. The maximum atomic E-state index is 7.32. The Bertz CT molecular complexity index is 2350. The molecule has 7 aromatic rings. The standard InChI is InChI=1S/C42H27Cl4N4/c43-31-21-23-33(34(45)25-31)41-47-39(29-17-9-3-10-18-29)40(30-19-11-4-12-20-30)50(41,36-24-22-32(44)26-35(36)46)42-48-37(27-13-5-1-6-14-27)38(49-42)28-15-7-2-8-16-28/h1-26H,(H,48,49)/q+1. The zero-order chi connectivity index (χ0) is 34.2. The van der Waals surface area contributed by atoms with E-state index in [1.807, 2.05) is 97.1 Å². The van der Waals surface area contributed by atoms with E-state index in [2.05, 4.69) is 53.5 Å². The van der Waals surface area contributed by atoms with Crippen molar-refractivity contribution in [3.63, 3.8) is 0 Å². The van der Waals surface area contributed by atoms with E-state index >= 15 is 0 Å². The van der Waals surface area contributed by atoms with Crippen molar-refractivity contribution in [3.05, 3.63) is 195 Å². The maximum Gasteiger partial charge on any atom is 0.324 e. The van der Waals surface area contributed by atoms with Crippen molar-refractivity contribution in [2.24, 2.45) is 4.99 Å². The summed E-state index contributed by atoms with van der Waals surface area (Å²) in [4.78, 5) is 14.8. The number of H-pyrrole nitrogens is 1. The first kappa shape index (κ1) is 32.3. The van der Waals surface area contributed by atoms with Gasteiger partial charge in [-0.05, 0) is 42.5 Å². The van der Waals surface area contributed by atoms with Gasteiger partial charge in [-0.25, -0.2) is 0 Å². The number of hydrogen-bond donors (Lipinski definition) is 1. The van der Waals surface area contributed by atoms with Crippen LogP contribution in [0.3, 0.4) is 0 Å². The van der Waals surface area contributed by atoms with Gasteiger partial charge in [0.05, 0.1) is 16.3 Å². The summed E-state index contributed by atoms with van der Waals surface area (Å²) in [6.07, 6.45) is 0. The number of amidine groups is 1. The van der Waals surface area contributed by atoms with Crippen LogP contribution in [0.4, 0.5) is 11.6 Å². The summed E-state index contributed by atoms with van der Waals surface area (Å²) < 4.78 is -0.141. The van der Waals surface area contributed by atoms with Crippen molar-refractivity contribution in [3.8, 4) is 22.5 Å². The Balaban J connectivity index is 1.58. The minimum Gasteiger partial charge on any atom is -0.290 e. The van der Waals surface area contributed by atoms with Gasteiger partial charge in [-0.2, -0.15) is 9.98 Å². The van der Waals surface area contributed by atoms with Crippen molar-refractivity contribution in [2.75, 3.05) is 0 Å². The topological polar surface area (TPSA) is 41.0 Å². The van der Waals surface area contributed by atoms with Gasteiger partial charge in [-0.1, -0.05) is 156 Å². The Labute approximate surface area is 310 Å². The molecule has 4 nitrogen and oxygen atoms in total. The minimum absolute atomic E-state index is 0.141. The van der Waals surface area contributed by atoms with Gasteiger partial charge in [0.2, 0.25) is 0 Å². The van der Waals surface area contributed by atoms with Crippen LogP contribution in [0, 0.1) is 0 Å². The van der Waals surface area contributed by atoms with Gasteiger partial charge in [-0.3, -0.25) is 4.98 Å². The molecule has 1 atom stereocenters. The molecule has 1 N–H and O–H groups in total. The average Bonchev–Trinajstić information content (AvgIpc) is 3.75. The number of rotatable bonds is 7. The van der Waals surface area contributed by atoms with Gasteiger partial charge < -0.3 is 0 Å². The van der Waals surface area contributed by atoms with Crippen molar-refractivity contribution >= 4 is 75.3 Å². The molecule has 0 spiro atoms. The first-order valence-corrected chi connectivity index (χ1v) is 17.4. The molecule has 1 aliphatic rings. The van der Waals surface area contributed by atoms with Crippen LogP contribution >= 0.6 is 46.4 Å². The number of imidazole rings is 1. The number of aromatic nitrogens is 2. The van der Waals surface area contributed by atoms with Gasteiger partial charge in [0.1, 0.15) is 16.4 Å². The predicted octanol–water partition coefficient (Wildman–Crippen LogP) is 13.0. The molecule has 0 fully saturated rings. The number of hydrogen-bond acceptors (Lipinski definition) is 2. The summed E-state index contributed by atoms with van der Waals surface area (Å²) in [7, 11) is 0. The molecule has 0 saturated carbocycles. The molecular formula is C42H27Cl4N4+. The largest absolute Gasteiger partial charge is 0.324 e. The number of nitrogens with zero attached hydrogens (tertiary/aromatic N) is 3. The Morgan fingerprint density at radius 2 is 1.02 bits per heavy atom. The quantitative estimate of drug-likeness (QED) is 0.163. The summed E-state index contributed by atoms with van der Waals surface area (Å²) in [5, 5.41) is 1.87. The molecule has 1 aliphatic heterocycles. The number of nitrogens with one attached hydrogen (secondary N) is 1. The second-order valence-electron chi connectivity index (χ2n) is 11.8. The average molecular weight is 730 g/mol. The molecular weight excluding hydrogens is 702 g/mol.